The van der Waals surface area contributed by atoms with E-state index in [1.165, 1.54) is 4.88 Å². The van der Waals surface area contributed by atoms with Crippen LogP contribution in [-0.4, -0.2) is 24.1 Å². The Morgan fingerprint density at radius 1 is 1.41 bits per heavy atom. The smallest absolute Gasteiger partial charge is 0.149 e. The van der Waals surface area contributed by atoms with Gasteiger partial charge >= 0.3 is 0 Å². The molecule has 0 aromatic carbocycles. The van der Waals surface area contributed by atoms with Crippen LogP contribution in [0.3, 0.4) is 0 Å². The van der Waals surface area contributed by atoms with Crippen LogP contribution in [0, 0.1) is 0 Å². The fourth-order valence-electron chi connectivity index (χ4n) is 1.41. The normalized spacial score (nSPS) is 10.3. The summed E-state index contributed by atoms with van der Waals surface area (Å²) in [6.45, 7) is 0.777. The SMILES string of the molecule is CNc1cncc(N(C)Cc2ccc(Cl)s2)n1. The molecule has 0 unspecified atom stereocenters. The van der Waals surface area contributed by atoms with Crippen molar-refractivity contribution in [2.24, 2.45) is 0 Å². The first-order chi connectivity index (χ1) is 8.19. The number of thiophene rings is 1. The second kappa shape index (κ2) is 5.33. The minimum atomic E-state index is 0.763. The molecule has 2 aromatic rings. The molecule has 0 aliphatic rings. The zero-order chi connectivity index (χ0) is 12.3. The number of hydrogen-bond donors (Lipinski definition) is 1. The fraction of sp³-hybridized carbons (Fsp3) is 0.273. The first-order valence-electron chi connectivity index (χ1n) is 5.14. The van der Waals surface area contributed by atoms with Gasteiger partial charge in [0.1, 0.15) is 11.6 Å². The summed E-state index contributed by atoms with van der Waals surface area (Å²) in [6.07, 6.45) is 3.44. The minimum absolute atomic E-state index is 0.763. The second-order valence-corrected chi connectivity index (χ2v) is 5.37. The van der Waals surface area contributed by atoms with Crippen molar-refractivity contribution >= 4 is 34.6 Å². The summed E-state index contributed by atoms with van der Waals surface area (Å²) >= 11 is 7.48. The van der Waals surface area contributed by atoms with Crippen LogP contribution in [0.5, 0.6) is 0 Å². The van der Waals surface area contributed by atoms with Crippen LogP contribution in [0.15, 0.2) is 24.5 Å². The largest absolute Gasteiger partial charge is 0.372 e. The molecule has 17 heavy (non-hydrogen) atoms. The summed E-state index contributed by atoms with van der Waals surface area (Å²) in [5, 5.41) is 2.97. The molecular weight excluding hydrogens is 256 g/mol. The molecule has 0 atom stereocenters. The van der Waals surface area contributed by atoms with Crippen LogP contribution in [0.1, 0.15) is 4.88 Å². The zero-order valence-corrected chi connectivity index (χ0v) is 11.2. The van der Waals surface area contributed by atoms with E-state index in [9.17, 15) is 0 Å². The highest BCUT2D eigenvalue weighted by Gasteiger charge is 2.06. The van der Waals surface area contributed by atoms with Gasteiger partial charge in [-0.05, 0) is 12.1 Å². The Bertz CT molecular complexity index is 500. The maximum atomic E-state index is 5.90. The maximum Gasteiger partial charge on any atom is 0.149 e. The summed E-state index contributed by atoms with van der Waals surface area (Å²) in [5.74, 6) is 1.60. The lowest BCUT2D eigenvalue weighted by molar-refractivity contribution is 0.904. The lowest BCUT2D eigenvalue weighted by Crippen LogP contribution is -2.17. The quantitative estimate of drug-likeness (QED) is 0.926. The Morgan fingerprint density at radius 2 is 2.24 bits per heavy atom. The van der Waals surface area contributed by atoms with Crippen LogP contribution in [-0.2, 0) is 6.54 Å². The van der Waals surface area contributed by atoms with E-state index in [0.29, 0.717) is 0 Å². The predicted molar refractivity (Wildman–Crippen MR) is 73.0 cm³/mol. The number of aromatic nitrogens is 2. The average molecular weight is 269 g/mol. The Hall–Kier alpha value is -1.33. The van der Waals surface area contributed by atoms with Crippen molar-refractivity contribution in [1.29, 1.82) is 0 Å². The molecule has 6 heteroatoms. The van der Waals surface area contributed by atoms with Gasteiger partial charge in [-0.25, -0.2) is 4.98 Å². The molecule has 90 valence electrons. The van der Waals surface area contributed by atoms with E-state index in [1.54, 1.807) is 23.7 Å². The highest BCUT2D eigenvalue weighted by Crippen LogP contribution is 2.23. The monoisotopic (exact) mass is 268 g/mol. The number of nitrogens with one attached hydrogen (secondary N) is 1. The van der Waals surface area contributed by atoms with Crippen molar-refractivity contribution in [2.45, 2.75) is 6.54 Å². The average Bonchev–Trinajstić information content (AvgIpc) is 2.75. The lowest BCUT2D eigenvalue weighted by atomic mass is 10.4. The maximum absolute atomic E-state index is 5.90. The van der Waals surface area contributed by atoms with Gasteiger partial charge in [-0.2, -0.15) is 0 Å². The van der Waals surface area contributed by atoms with E-state index in [2.05, 4.69) is 15.3 Å². The molecule has 0 radical (unpaired) electrons. The standard InChI is InChI=1S/C11H13ClN4S/c1-13-10-5-14-6-11(15-10)16(2)7-8-3-4-9(12)17-8/h3-6H,7H2,1-2H3,(H,13,15). The van der Waals surface area contributed by atoms with Gasteiger partial charge < -0.3 is 10.2 Å². The van der Waals surface area contributed by atoms with Crippen molar-refractivity contribution in [3.63, 3.8) is 0 Å². The molecule has 0 bridgehead atoms. The van der Waals surface area contributed by atoms with E-state index in [0.717, 1.165) is 22.5 Å². The molecule has 0 fully saturated rings. The number of hydrogen-bond acceptors (Lipinski definition) is 5. The van der Waals surface area contributed by atoms with Crippen LogP contribution >= 0.6 is 22.9 Å². The summed E-state index contributed by atoms with van der Waals surface area (Å²) in [4.78, 5) is 11.8. The Labute approximate surface area is 109 Å². The molecule has 0 spiro atoms. The molecule has 0 amide bonds. The molecule has 0 saturated heterocycles. The highest BCUT2D eigenvalue weighted by atomic mass is 35.5. The fourth-order valence-corrected chi connectivity index (χ4v) is 2.55. The van der Waals surface area contributed by atoms with Crippen molar-refractivity contribution in [2.75, 3.05) is 24.3 Å². The first kappa shape index (κ1) is 12.1. The third-order valence-electron chi connectivity index (χ3n) is 2.29. The number of anilines is 2. The van der Waals surface area contributed by atoms with Gasteiger partial charge in [-0.15, -0.1) is 11.3 Å². The van der Waals surface area contributed by atoms with Crippen LogP contribution in [0.2, 0.25) is 4.34 Å². The van der Waals surface area contributed by atoms with Gasteiger partial charge in [0, 0.05) is 19.0 Å². The minimum Gasteiger partial charge on any atom is -0.372 e. The van der Waals surface area contributed by atoms with Gasteiger partial charge in [0.15, 0.2) is 0 Å². The van der Waals surface area contributed by atoms with Gasteiger partial charge in [-0.3, -0.25) is 4.98 Å². The van der Waals surface area contributed by atoms with E-state index >= 15 is 0 Å². The van der Waals surface area contributed by atoms with Crippen molar-refractivity contribution in [1.82, 2.24) is 9.97 Å². The molecule has 4 nitrogen and oxygen atoms in total. The molecule has 2 aromatic heterocycles. The van der Waals surface area contributed by atoms with Gasteiger partial charge in [0.05, 0.1) is 23.3 Å². The van der Waals surface area contributed by atoms with Crippen LogP contribution in [0.4, 0.5) is 11.6 Å². The Balaban J connectivity index is 2.11. The van der Waals surface area contributed by atoms with Crippen molar-refractivity contribution in [3.8, 4) is 0 Å². The van der Waals surface area contributed by atoms with Crippen LogP contribution < -0.4 is 10.2 Å². The van der Waals surface area contributed by atoms with E-state index in [4.69, 9.17) is 11.6 Å². The highest BCUT2D eigenvalue weighted by molar-refractivity contribution is 7.16. The third kappa shape index (κ3) is 3.08. The molecule has 0 aliphatic carbocycles. The van der Waals surface area contributed by atoms with E-state index in [-0.39, 0.29) is 0 Å². The molecular formula is C11H13ClN4S. The number of nitrogens with zero attached hydrogens (tertiary/aromatic N) is 3. The second-order valence-electron chi connectivity index (χ2n) is 3.57. The zero-order valence-electron chi connectivity index (χ0n) is 9.64. The molecule has 2 heterocycles. The van der Waals surface area contributed by atoms with E-state index < -0.39 is 0 Å². The summed E-state index contributed by atoms with van der Waals surface area (Å²) < 4.78 is 0.809. The number of halogens is 1. The molecule has 0 saturated carbocycles. The van der Waals surface area contributed by atoms with Crippen molar-refractivity contribution < 1.29 is 0 Å². The first-order valence-corrected chi connectivity index (χ1v) is 6.33. The molecule has 1 N–H and O–H groups in total. The molecule has 0 aliphatic heterocycles. The topological polar surface area (TPSA) is 41.1 Å². The Kier molecular flexibility index (Phi) is 3.81. The van der Waals surface area contributed by atoms with Crippen LogP contribution in [0.25, 0.3) is 0 Å². The van der Waals surface area contributed by atoms with Gasteiger partial charge in [0.2, 0.25) is 0 Å². The Morgan fingerprint density at radius 3 is 2.88 bits per heavy atom. The summed E-state index contributed by atoms with van der Waals surface area (Å²) in [7, 11) is 3.81. The summed E-state index contributed by atoms with van der Waals surface area (Å²) in [5.41, 5.74) is 0. The lowest BCUT2D eigenvalue weighted by Gasteiger charge is -2.17. The van der Waals surface area contributed by atoms with E-state index in [1.807, 2.05) is 31.1 Å². The molecule has 2 rings (SSSR count). The van der Waals surface area contributed by atoms with Crippen molar-refractivity contribution in [3.05, 3.63) is 33.7 Å². The van der Waals surface area contributed by atoms with Gasteiger partial charge in [0.25, 0.3) is 0 Å². The predicted octanol–water partition coefficient (Wildman–Crippen LogP) is 2.87. The summed E-state index contributed by atoms with van der Waals surface area (Å²) in [6, 6.07) is 3.93. The third-order valence-corrected chi connectivity index (χ3v) is 3.51. The van der Waals surface area contributed by atoms with Gasteiger partial charge in [-0.1, -0.05) is 11.6 Å². The number of rotatable bonds is 4.